The monoisotopic (exact) mass is 363 g/mol. The van der Waals surface area contributed by atoms with E-state index in [-0.39, 0.29) is 22.9 Å². The topological polar surface area (TPSA) is 71.1 Å². The van der Waals surface area contributed by atoms with E-state index in [1.807, 2.05) is 31.2 Å². The van der Waals surface area contributed by atoms with Crippen LogP contribution in [0.5, 0.6) is 0 Å². The van der Waals surface area contributed by atoms with Crippen molar-refractivity contribution in [2.75, 3.05) is 0 Å². The zero-order valence-corrected chi connectivity index (χ0v) is 15.6. The molecule has 140 valence electrons. The first-order valence-corrected chi connectivity index (χ1v) is 9.62. The summed E-state index contributed by atoms with van der Waals surface area (Å²) in [5.74, 6) is -0.0633. The molecule has 2 aliphatic rings. The van der Waals surface area contributed by atoms with Crippen LogP contribution >= 0.6 is 0 Å². The first kappa shape index (κ1) is 17.7. The van der Waals surface area contributed by atoms with Gasteiger partial charge in [0.25, 0.3) is 11.8 Å². The molecule has 0 saturated heterocycles. The van der Waals surface area contributed by atoms with Crippen LogP contribution < -0.4 is 10.6 Å². The third kappa shape index (κ3) is 3.46. The maximum atomic E-state index is 12.9. The van der Waals surface area contributed by atoms with Crippen molar-refractivity contribution in [3.63, 3.8) is 0 Å². The number of nitrogens with zero attached hydrogens (tertiary/aromatic N) is 1. The summed E-state index contributed by atoms with van der Waals surface area (Å²) in [7, 11) is 0. The number of carbonyl (C=O) groups excluding carboxylic acids is 2. The van der Waals surface area contributed by atoms with Crippen molar-refractivity contribution < 1.29 is 9.59 Å². The van der Waals surface area contributed by atoms with Gasteiger partial charge in [-0.25, -0.2) is 0 Å². The van der Waals surface area contributed by atoms with Crippen molar-refractivity contribution >= 4 is 11.8 Å². The van der Waals surface area contributed by atoms with Gasteiger partial charge in [0.1, 0.15) is 0 Å². The lowest BCUT2D eigenvalue weighted by Gasteiger charge is -2.40. The smallest absolute Gasteiger partial charge is 0.251 e. The second-order valence-corrected chi connectivity index (χ2v) is 8.05. The highest BCUT2D eigenvalue weighted by atomic mass is 16.2. The lowest BCUT2D eigenvalue weighted by Crippen LogP contribution is -2.55. The van der Waals surface area contributed by atoms with Gasteiger partial charge in [-0.1, -0.05) is 18.2 Å². The van der Waals surface area contributed by atoms with Gasteiger partial charge in [0, 0.05) is 34.6 Å². The van der Waals surface area contributed by atoms with E-state index in [1.165, 1.54) is 0 Å². The minimum atomic E-state index is -0.225. The molecule has 1 aromatic heterocycles. The van der Waals surface area contributed by atoms with Gasteiger partial charge >= 0.3 is 0 Å². The Morgan fingerprint density at radius 2 is 1.52 bits per heavy atom. The predicted octanol–water partition coefficient (Wildman–Crippen LogP) is 3.40. The summed E-state index contributed by atoms with van der Waals surface area (Å²) in [4.78, 5) is 29.5. The minimum Gasteiger partial charge on any atom is -0.347 e. The lowest BCUT2D eigenvalue weighted by atomic mass is 9.78. The Labute approximate surface area is 159 Å². The molecule has 5 heteroatoms. The molecule has 4 rings (SSSR count). The van der Waals surface area contributed by atoms with E-state index in [0.717, 1.165) is 49.7 Å². The van der Waals surface area contributed by atoms with Crippen molar-refractivity contribution in [3.05, 3.63) is 65.5 Å². The zero-order valence-electron chi connectivity index (χ0n) is 15.6. The summed E-state index contributed by atoms with van der Waals surface area (Å²) < 4.78 is 0. The molecule has 2 saturated carbocycles. The molecular formula is C22H25N3O2. The van der Waals surface area contributed by atoms with E-state index >= 15 is 0 Å². The summed E-state index contributed by atoms with van der Waals surface area (Å²) in [6.45, 7) is 1.96. The number of fused-ring (bicyclic) bond motifs is 2. The van der Waals surface area contributed by atoms with Crippen LogP contribution in [0, 0.1) is 6.92 Å². The van der Waals surface area contributed by atoms with Gasteiger partial charge in [0.05, 0.1) is 0 Å². The summed E-state index contributed by atoms with van der Waals surface area (Å²) in [5, 5.41) is 6.59. The summed E-state index contributed by atoms with van der Waals surface area (Å²) in [5.41, 5.74) is 1.90. The van der Waals surface area contributed by atoms with Crippen LogP contribution in [0.2, 0.25) is 0 Å². The molecule has 5 nitrogen and oxygen atoms in total. The van der Waals surface area contributed by atoms with Crippen molar-refractivity contribution in [2.45, 2.75) is 56.5 Å². The molecule has 2 amide bonds. The largest absolute Gasteiger partial charge is 0.347 e. The highest BCUT2D eigenvalue weighted by Crippen LogP contribution is 2.48. The summed E-state index contributed by atoms with van der Waals surface area (Å²) in [6.07, 6.45) is 8.81. The number of benzene rings is 1. The fourth-order valence-electron chi connectivity index (χ4n) is 4.79. The maximum absolute atomic E-state index is 12.9. The van der Waals surface area contributed by atoms with E-state index in [9.17, 15) is 9.59 Å². The number of aryl methyl sites for hydroxylation is 1. The fraction of sp³-hybridized carbons (Fsp3) is 0.409. The van der Waals surface area contributed by atoms with Crippen molar-refractivity contribution in [1.29, 1.82) is 0 Å². The number of aromatic nitrogens is 1. The molecule has 0 aliphatic heterocycles. The highest BCUT2D eigenvalue weighted by molar-refractivity contribution is 5.96. The number of pyridine rings is 1. The van der Waals surface area contributed by atoms with Crippen molar-refractivity contribution in [1.82, 2.24) is 15.6 Å². The van der Waals surface area contributed by atoms with Gasteiger partial charge in [0.2, 0.25) is 0 Å². The number of amides is 2. The van der Waals surface area contributed by atoms with E-state index in [4.69, 9.17) is 0 Å². The summed E-state index contributed by atoms with van der Waals surface area (Å²) >= 11 is 0. The molecule has 1 aromatic carbocycles. The molecule has 2 aliphatic carbocycles. The van der Waals surface area contributed by atoms with Gasteiger partial charge in [-0.3, -0.25) is 14.6 Å². The Hall–Kier alpha value is -2.69. The van der Waals surface area contributed by atoms with E-state index in [2.05, 4.69) is 15.6 Å². The van der Waals surface area contributed by atoms with Crippen LogP contribution in [0.25, 0.3) is 0 Å². The van der Waals surface area contributed by atoms with Gasteiger partial charge in [-0.15, -0.1) is 0 Å². The molecule has 2 fully saturated rings. The highest BCUT2D eigenvalue weighted by Gasteiger charge is 2.52. The molecular weight excluding hydrogens is 338 g/mol. The van der Waals surface area contributed by atoms with Crippen molar-refractivity contribution in [3.8, 4) is 0 Å². The minimum absolute atomic E-state index is 0.00809. The lowest BCUT2D eigenvalue weighted by molar-refractivity contribution is 0.0832. The van der Waals surface area contributed by atoms with Crippen molar-refractivity contribution in [2.24, 2.45) is 0 Å². The predicted molar refractivity (Wildman–Crippen MR) is 104 cm³/mol. The Kier molecular flexibility index (Phi) is 4.46. The Bertz CT molecular complexity index is 867. The van der Waals surface area contributed by atoms with E-state index in [1.54, 1.807) is 24.5 Å². The average molecular weight is 363 g/mol. The van der Waals surface area contributed by atoms with E-state index in [0.29, 0.717) is 5.56 Å². The molecule has 27 heavy (non-hydrogen) atoms. The Morgan fingerprint density at radius 1 is 0.889 bits per heavy atom. The third-order valence-electron chi connectivity index (χ3n) is 6.16. The van der Waals surface area contributed by atoms with Gasteiger partial charge < -0.3 is 10.6 Å². The van der Waals surface area contributed by atoms with Gasteiger partial charge in [0.15, 0.2) is 0 Å². The molecule has 0 spiro atoms. The van der Waals surface area contributed by atoms with Crippen LogP contribution in [0.15, 0.2) is 48.8 Å². The zero-order chi connectivity index (χ0) is 18.9. The SMILES string of the molecule is Cc1ccccc1C(=O)NC12CCCC(NC(=O)c3ccncc3)(CC1)C2. The Balaban J connectivity index is 1.49. The Morgan fingerprint density at radius 3 is 2.19 bits per heavy atom. The number of carbonyl (C=O) groups is 2. The molecule has 2 bridgehead atoms. The first-order valence-electron chi connectivity index (χ1n) is 9.62. The first-order chi connectivity index (χ1) is 13.0. The number of hydrogen-bond acceptors (Lipinski definition) is 3. The second kappa shape index (κ2) is 6.80. The quantitative estimate of drug-likeness (QED) is 0.875. The summed E-state index contributed by atoms with van der Waals surface area (Å²) in [6, 6.07) is 11.1. The normalized spacial score (nSPS) is 26.4. The average Bonchev–Trinajstić information content (AvgIpc) is 2.92. The number of hydrogen-bond donors (Lipinski definition) is 2. The number of nitrogens with one attached hydrogen (secondary N) is 2. The van der Waals surface area contributed by atoms with Gasteiger partial charge in [-0.2, -0.15) is 0 Å². The molecule has 2 atom stereocenters. The second-order valence-electron chi connectivity index (χ2n) is 8.05. The van der Waals surface area contributed by atoms with Gasteiger partial charge in [-0.05, 0) is 69.2 Å². The molecule has 2 aromatic rings. The fourth-order valence-corrected chi connectivity index (χ4v) is 4.79. The van der Waals surface area contributed by atoms with Crippen LogP contribution in [-0.2, 0) is 0 Å². The maximum Gasteiger partial charge on any atom is 0.251 e. The van der Waals surface area contributed by atoms with Crippen LogP contribution in [0.1, 0.15) is 64.8 Å². The standard InChI is InChI=1S/C22H25N3O2/c1-16-5-2-3-6-18(16)20(27)25-22-10-4-9-21(15-22,11-12-22)24-19(26)17-7-13-23-14-8-17/h2-3,5-8,13-14H,4,9-12,15H2,1H3,(H,24,26)(H,25,27). The third-order valence-corrected chi connectivity index (χ3v) is 6.16. The van der Waals surface area contributed by atoms with Crippen LogP contribution in [0.4, 0.5) is 0 Å². The molecule has 0 radical (unpaired) electrons. The number of rotatable bonds is 4. The molecule has 1 heterocycles. The van der Waals surface area contributed by atoms with Crippen LogP contribution in [-0.4, -0.2) is 27.9 Å². The van der Waals surface area contributed by atoms with Crippen LogP contribution in [0.3, 0.4) is 0 Å². The van der Waals surface area contributed by atoms with E-state index < -0.39 is 0 Å². The molecule has 2 unspecified atom stereocenters. The molecule has 2 N–H and O–H groups in total.